The molecule has 0 saturated heterocycles. The highest BCUT2D eigenvalue weighted by molar-refractivity contribution is 6.36. The maximum Gasteiger partial charge on any atom is 0.143 e. The minimum atomic E-state index is 0. The molecule has 0 aliphatic carbocycles. The Morgan fingerprint density at radius 1 is 1.04 bits per heavy atom. The minimum absolute atomic E-state index is 0. The molecule has 0 atom stereocenters. The summed E-state index contributed by atoms with van der Waals surface area (Å²) in [5, 5.41) is 2.23. The lowest BCUT2D eigenvalue weighted by Gasteiger charge is -2.06. The lowest BCUT2D eigenvalue weighted by Crippen LogP contribution is -1.94. The number of nitrogens with zero attached hydrogens (tertiary/aromatic N) is 2. The Hall–Kier alpha value is -2.30. The molecule has 0 aliphatic rings. The van der Waals surface area contributed by atoms with Gasteiger partial charge < -0.3 is 9.72 Å². The van der Waals surface area contributed by atoms with Crippen LogP contribution in [0, 0.1) is 0 Å². The van der Waals surface area contributed by atoms with E-state index in [1.807, 2.05) is 48.5 Å². The lowest BCUT2D eigenvalue weighted by molar-refractivity contribution is 0.306. The van der Waals surface area contributed by atoms with Gasteiger partial charge in [0.15, 0.2) is 0 Å². The number of nitrogens with one attached hydrogen (secondary N) is 1. The number of aromatic nitrogens is 3. The van der Waals surface area contributed by atoms with Gasteiger partial charge >= 0.3 is 0 Å². The second-order valence-corrected chi connectivity index (χ2v) is 5.35. The molecule has 0 unspecified atom stereocenters. The molecule has 2 heterocycles. The molecule has 2 aromatic carbocycles. The van der Waals surface area contributed by atoms with Gasteiger partial charge in [-0.15, -0.1) is 12.4 Å². The highest BCUT2D eigenvalue weighted by atomic mass is 35.5. The van der Waals surface area contributed by atoms with E-state index in [4.69, 9.17) is 16.3 Å². The molecule has 0 fully saturated rings. The molecule has 0 bridgehead atoms. The van der Waals surface area contributed by atoms with E-state index in [9.17, 15) is 0 Å². The highest BCUT2D eigenvalue weighted by Gasteiger charge is 2.10. The Kier molecular flexibility index (Phi) is 4.37. The summed E-state index contributed by atoms with van der Waals surface area (Å²) in [5.41, 5.74) is 2.82. The Balaban J connectivity index is 0.00000156. The van der Waals surface area contributed by atoms with Crippen molar-refractivity contribution in [3.63, 3.8) is 0 Å². The highest BCUT2D eigenvalue weighted by Crippen LogP contribution is 2.31. The van der Waals surface area contributed by atoms with Crippen LogP contribution < -0.4 is 4.74 Å². The molecular formula is C17H13Cl2N3O. The SMILES string of the molecule is Cl.Clc1ncnc2[nH]c3ccc(OCc4ccccc4)cc3c12. The summed E-state index contributed by atoms with van der Waals surface area (Å²) in [6.07, 6.45) is 1.45. The predicted octanol–water partition coefficient (Wildman–Crippen LogP) is 4.77. The van der Waals surface area contributed by atoms with E-state index >= 15 is 0 Å². The van der Waals surface area contributed by atoms with E-state index in [0.717, 1.165) is 33.2 Å². The molecule has 0 radical (unpaired) electrons. The third-order valence-electron chi connectivity index (χ3n) is 3.56. The molecule has 6 heteroatoms. The largest absolute Gasteiger partial charge is 0.489 e. The quantitative estimate of drug-likeness (QED) is 0.544. The molecule has 4 nitrogen and oxygen atoms in total. The average molecular weight is 346 g/mol. The van der Waals surface area contributed by atoms with E-state index in [2.05, 4.69) is 15.0 Å². The van der Waals surface area contributed by atoms with Gasteiger partial charge in [0.05, 0.1) is 5.39 Å². The zero-order chi connectivity index (χ0) is 14.9. The second kappa shape index (κ2) is 6.44. The molecular weight excluding hydrogens is 333 g/mol. The number of fused-ring (bicyclic) bond motifs is 3. The van der Waals surface area contributed by atoms with Crippen molar-refractivity contribution < 1.29 is 4.74 Å². The number of H-pyrrole nitrogens is 1. The number of hydrogen-bond acceptors (Lipinski definition) is 3. The van der Waals surface area contributed by atoms with Crippen LogP contribution in [0.4, 0.5) is 0 Å². The summed E-state index contributed by atoms with van der Waals surface area (Å²) in [7, 11) is 0. The minimum Gasteiger partial charge on any atom is -0.489 e. The van der Waals surface area contributed by atoms with Crippen LogP contribution in [0.5, 0.6) is 5.75 Å². The second-order valence-electron chi connectivity index (χ2n) is 4.99. The van der Waals surface area contributed by atoms with Gasteiger partial charge in [0.1, 0.15) is 29.5 Å². The van der Waals surface area contributed by atoms with Crippen LogP contribution in [0.1, 0.15) is 5.56 Å². The van der Waals surface area contributed by atoms with Crippen LogP contribution in [-0.2, 0) is 6.61 Å². The number of ether oxygens (including phenoxy) is 1. The van der Waals surface area contributed by atoms with Crippen LogP contribution in [-0.4, -0.2) is 15.0 Å². The summed E-state index contributed by atoms with van der Waals surface area (Å²) in [4.78, 5) is 11.5. The first kappa shape index (κ1) is 15.6. The Morgan fingerprint density at radius 2 is 1.87 bits per heavy atom. The van der Waals surface area contributed by atoms with Gasteiger partial charge in [0.2, 0.25) is 0 Å². The molecule has 2 aromatic heterocycles. The normalized spacial score (nSPS) is 10.7. The first-order valence-electron chi connectivity index (χ1n) is 6.90. The third-order valence-corrected chi connectivity index (χ3v) is 3.85. The molecule has 0 aliphatic heterocycles. The van der Waals surface area contributed by atoms with Gasteiger partial charge in [-0.05, 0) is 23.8 Å². The van der Waals surface area contributed by atoms with Crippen LogP contribution in [0.3, 0.4) is 0 Å². The zero-order valence-corrected chi connectivity index (χ0v) is 13.6. The smallest absolute Gasteiger partial charge is 0.143 e. The van der Waals surface area contributed by atoms with E-state index in [1.165, 1.54) is 6.33 Å². The number of hydrogen-bond donors (Lipinski definition) is 1. The van der Waals surface area contributed by atoms with Crippen molar-refractivity contribution in [2.75, 3.05) is 0 Å². The molecule has 23 heavy (non-hydrogen) atoms. The van der Waals surface area contributed by atoms with Crippen LogP contribution >= 0.6 is 24.0 Å². The molecule has 0 saturated carbocycles. The average Bonchev–Trinajstić information content (AvgIpc) is 2.93. The van der Waals surface area contributed by atoms with E-state index < -0.39 is 0 Å². The molecule has 1 N–H and O–H groups in total. The van der Waals surface area contributed by atoms with Gasteiger partial charge in [0, 0.05) is 10.9 Å². The fourth-order valence-corrected chi connectivity index (χ4v) is 2.73. The summed E-state index contributed by atoms with van der Waals surface area (Å²) in [6.45, 7) is 0.527. The summed E-state index contributed by atoms with van der Waals surface area (Å²) < 4.78 is 5.86. The fourth-order valence-electron chi connectivity index (χ4n) is 2.50. The van der Waals surface area contributed by atoms with Crippen molar-refractivity contribution >= 4 is 45.9 Å². The van der Waals surface area contributed by atoms with Crippen molar-refractivity contribution in [1.29, 1.82) is 0 Å². The van der Waals surface area contributed by atoms with Crippen molar-refractivity contribution in [3.8, 4) is 5.75 Å². The van der Waals surface area contributed by atoms with E-state index in [-0.39, 0.29) is 12.4 Å². The summed E-state index contributed by atoms with van der Waals surface area (Å²) in [5.74, 6) is 0.789. The maximum atomic E-state index is 6.19. The van der Waals surface area contributed by atoms with Crippen LogP contribution in [0.2, 0.25) is 5.15 Å². The number of rotatable bonds is 3. The first-order valence-corrected chi connectivity index (χ1v) is 7.28. The van der Waals surface area contributed by atoms with Crippen molar-refractivity contribution in [2.45, 2.75) is 6.61 Å². The van der Waals surface area contributed by atoms with Gasteiger partial charge in [-0.3, -0.25) is 0 Å². The van der Waals surface area contributed by atoms with Crippen molar-refractivity contribution in [2.24, 2.45) is 0 Å². The molecule has 0 amide bonds. The zero-order valence-electron chi connectivity index (χ0n) is 12.0. The van der Waals surface area contributed by atoms with Crippen LogP contribution in [0.15, 0.2) is 54.9 Å². The van der Waals surface area contributed by atoms with Crippen molar-refractivity contribution in [3.05, 3.63) is 65.6 Å². The predicted molar refractivity (Wildman–Crippen MR) is 94.4 cm³/mol. The molecule has 4 rings (SSSR count). The van der Waals surface area contributed by atoms with Crippen molar-refractivity contribution in [1.82, 2.24) is 15.0 Å². The number of benzene rings is 2. The molecule has 4 aromatic rings. The number of aromatic amines is 1. The Bertz CT molecular complexity index is 954. The summed E-state index contributed by atoms with van der Waals surface area (Å²) in [6, 6.07) is 15.9. The van der Waals surface area contributed by atoms with Gasteiger partial charge in [-0.25, -0.2) is 9.97 Å². The lowest BCUT2D eigenvalue weighted by atomic mass is 10.2. The Morgan fingerprint density at radius 3 is 2.70 bits per heavy atom. The topological polar surface area (TPSA) is 50.8 Å². The summed E-state index contributed by atoms with van der Waals surface area (Å²) >= 11 is 6.19. The standard InChI is InChI=1S/C17H12ClN3O.ClH/c18-16-15-13-8-12(22-9-11-4-2-1-3-5-11)6-7-14(13)21-17(15)20-10-19-16;/h1-8,10H,9H2,(H,19,20,21);1H. The number of halogens is 2. The van der Waals surface area contributed by atoms with E-state index in [1.54, 1.807) is 0 Å². The van der Waals surface area contributed by atoms with Gasteiger partial charge in [-0.1, -0.05) is 41.9 Å². The Labute approximate surface area is 143 Å². The van der Waals surface area contributed by atoms with Gasteiger partial charge in [-0.2, -0.15) is 0 Å². The van der Waals surface area contributed by atoms with Crippen LogP contribution in [0.25, 0.3) is 21.9 Å². The molecule has 116 valence electrons. The third kappa shape index (κ3) is 2.96. The maximum absolute atomic E-state index is 6.19. The molecule has 0 spiro atoms. The monoisotopic (exact) mass is 345 g/mol. The van der Waals surface area contributed by atoms with Gasteiger partial charge in [0.25, 0.3) is 0 Å². The van der Waals surface area contributed by atoms with E-state index in [0.29, 0.717) is 11.8 Å². The fraction of sp³-hybridized carbons (Fsp3) is 0.0588. The first-order chi connectivity index (χ1) is 10.8.